The first-order valence-electron chi connectivity index (χ1n) is 5.79. The summed E-state index contributed by atoms with van der Waals surface area (Å²) < 4.78 is 0. The second kappa shape index (κ2) is 5.74. The lowest BCUT2D eigenvalue weighted by molar-refractivity contribution is 0.899. The van der Waals surface area contributed by atoms with Crippen LogP contribution in [0.4, 0.5) is 11.6 Å². The lowest BCUT2D eigenvalue weighted by atomic mass is 10.2. The van der Waals surface area contributed by atoms with Gasteiger partial charge in [-0.3, -0.25) is 0 Å². The van der Waals surface area contributed by atoms with Gasteiger partial charge in [0.05, 0.1) is 0 Å². The van der Waals surface area contributed by atoms with E-state index in [-0.39, 0.29) is 0 Å². The zero-order valence-electron chi connectivity index (χ0n) is 10.5. The van der Waals surface area contributed by atoms with Crippen LogP contribution in [0, 0.1) is 0 Å². The average molecular weight is 262 g/mol. The van der Waals surface area contributed by atoms with Gasteiger partial charge >= 0.3 is 0 Å². The Bertz CT molecular complexity index is 511. The molecule has 2 rings (SSSR count). The average Bonchev–Trinajstić information content (AvgIpc) is 2.41. The van der Waals surface area contributed by atoms with Gasteiger partial charge in [-0.15, -0.1) is 0 Å². The third-order valence-corrected chi connectivity index (χ3v) is 2.97. The Hall–Kier alpha value is -1.74. The normalized spacial score (nSPS) is 10.2. The minimum Gasteiger partial charge on any atom is -0.373 e. The van der Waals surface area contributed by atoms with Gasteiger partial charge in [0.1, 0.15) is 11.6 Å². The maximum absolute atomic E-state index is 5.87. The van der Waals surface area contributed by atoms with Crippen molar-refractivity contribution in [3.8, 4) is 0 Å². The first-order chi connectivity index (χ1) is 8.69. The summed E-state index contributed by atoms with van der Waals surface area (Å²) in [7, 11) is 3.89. The van der Waals surface area contributed by atoms with E-state index in [9.17, 15) is 0 Å². The SMILES string of the molecule is CNc1cccc(N(C)Cc2ccc(Cl)cc2)n1. The Morgan fingerprint density at radius 2 is 1.89 bits per heavy atom. The summed E-state index contributed by atoms with van der Waals surface area (Å²) in [5, 5.41) is 3.80. The first-order valence-corrected chi connectivity index (χ1v) is 6.17. The minimum absolute atomic E-state index is 0.761. The van der Waals surface area contributed by atoms with E-state index in [4.69, 9.17) is 11.6 Å². The van der Waals surface area contributed by atoms with Gasteiger partial charge in [-0.05, 0) is 29.8 Å². The Labute approximate surface area is 112 Å². The summed E-state index contributed by atoms with van der Waals surface area (Å²) in [6, 6.07) is 13.8. The van der Waals surface area contributed by atoms with Crippen LogP contribution in [0.15, 0.2) is 42.5 Å². The van der Waals surface area contributed by atoms with Crippen LogP contribution in [0.3, 0.4) is 0 Å². The Balaban J connectivity index is 2.11. The van der Waals surface area contributed by atoms with Crippen molar-refractivity contribution in [1.29, 1.82) is 0 Å². The van der Waals surface area contributed by atoms with Gasteiger partial charge < -0.3 is 10.2 Å². The highest BCUT2D eigenvalue weighted by Gasteiger charge is 2.04. The molecular formula is C14H16ClN3. The molecule has 0 spiro atoms. The van der Waals surface area contributed by atoms with Crippen LogP contribution in [-0.4, -0.2) is 19.1 Å². The van der Waals surface area contributed by atoms with Gasteiger partial charge in [-0.2, -0.15) is 0 Å². The van der Waals surface area contributed by atoms with Crippen molar-refractivity contribution < 1.29 is 0 Å². The minimum atomic E-state index is 0.761. The monoisotopic (exact) mass is 261 g/mol. The highest BCUT2D eigenvalue weighted by atomic mass is 35.5. The highest BCUT2D eigenvalue weighted by Crippen LogP contribution is 2.16. The van der Waals surface area contributed by atoms with E-state index in [1.54, 1.807) is 0 Å². The quantitative estimate of drug-likeness (QED) is 0.914. The molecule has 0 aliphatic rings. The summed E-state index contributed by atoms with van der Waals surface area (Å²) in [4.78, 5) is 6.59. The van der Waals surface area contributed by atoms with Gasteiger partial charge in [0.25, 0.3) is 0 Å². The summed E-state index contributed by atoms with van der Waals surface area (Å²) in [5.74, 6) is 1.81. The van der Waals surface area contributed by atoms with E-state index < -0.39 is 0 Å². The number of hydrogen-bond acceptors (Lipinski definition) is 3. The standard InChI is InChI=1S/C14H16ClN3/c1-16-13-4-3-5-14(17-13)18(2)10-11-6-8-12(15)9-7-11/h3-9H,10H2,1-2H3,(H,16,17). The van der Waals surface area contributed by atoms with Crippen LogP contribution < -0.4 is 10.2 Å². The van der Waals surface area contributed by atoms with E-state index in [0.717, 1.165) is 23.2 Å². The molecule has 0 amide bonds. The topological polar surface area (TPSA) is 28.2 Å². The molecule has 4 heteroatoms. The molecule has 18 heavy (non-hydrogen) atoms. The molecule has 0 fully saturated rings. The van der Waals surface area contributed by atoms with Crippen LogP contribution in [-0.2, 0) is 6.54 Å². The van der Waals surface area contributed by atoms with E-state index in [2.05, 4.69) is 15.2 Å². The molecule has 0 atom stereocenters. The van der Waals surface area contributed by atoms with Crippen molar-refractivity contribution in [2.24, 2.45) is 0 Å². The van der Waals surface area contributed by atoms with Crippen LogP contribution >= 0.6 is 11.6 Å². The van der Waals surface area contributed by atoms with Gasteiger partial charge in [-0.25, -0.2) is 4.98 Å². The third kappa shape index (κ3) is 3.14. The number of hydrogen-bond donors (Lipinski definition) is 1. The van der Waals surface area contributed by atoms with Crippen molar-refractivity contribution >= 4 is 23.2 Å². The molecule has 1 aromatic heterocycles. The van der Waals surface area contributed by atoms with Gasteiger partial charge in [-0.1, -0.05) is 29.8 Å². The first kappa shape index (κ1) is 12.7. The molecule has 3 nitrogen and oxygen atoms in total. The van der Waals surface area contributed by atoms with Gasteiger partial charge in [0, 0.05) is 25.7 Å². The molecule has 1 N–H and O–H groups in total. The summed E-state index contributed by atoms with van der Waals surface area (Å²) in [6.07, 6.45) is 0. The van der Waals surface area contributed by atoms with Crippen LogP contribution in [0.1, 0.15) is 5.56 Å². The third-order valence-electron chi connectivity index (χ3n) is 2.71. The molecule has 0 saturated carbocycles. The summed E-state index contributed by atoms with van der Waals surface area (Å²) >= 11 is 5.87. The fourth-order valence-electron chi connectivity index (χ4n) is 1.72. The predicted octanol–water partition coefficient (Wildman–Crippen LogP) is 3.41. The fraction of sp³-hybridized carbons (Fsp3) is 0.214. The zero-order valence-corrected chi connectivity index (χ0v) is 11.3. The summed E-state index contributed by atoms with van der Waals surface area (Å²) in [6.45, 7) is 0.803. The van der Waals surface area contributed by atoms with Crippen LogP contribution in [0.25, 0.3) is 0 Å². The fourth-order valence-corrected chi connectivity index (χ4v) is 1.85. The van der Waals surface area contributed by atoms with E-state index >= 15 is 0 Å². The Morgan fingerprint density at radius 1 is 1.17 bits per heavy atom. The molecule has 0 unspecified atom stereocenters. The van der Waals surface area contributed by atoms with Crippen molar-refractivity contribution in [3.05, 3.63) is 53.1 Å². The smallest absolute Gasteiger partial charge is 0.130 e. The van der Waals surface area contributed by atoms with E-state index in [1.807, 2.05) is 56.6 Å². The molecule has 94 valence electrons. The number of benzene rings is 1. The molecule has 0 aliphatic heterocycles. The molecule has 2 aromatic rings. The molecule has 1 heterocycles. The Kier molecular flexibility index (Phi) is 4.05. The number of anilines is 2. The van der Waals surface area contributed by atoms with Crippen molar-refractivity contribution in [2.45, 2.75) is 6.54 Å². The largest absolute Gasteiger partial charge is 0.373 e. The maximum Gasteiger partial charge on any atom is 0.130 e. The van der Waals surface area contributed by atoms with Crippen LogP contribution in [0.2, 0.25) is 5.02 Å². The molecule has 1 aromatic carbocycles. The highest BCUT2D eigenvalue weighted by molar-refractivity contribution is 6.30. The molecule has 0 radical (unpaired) electrons. The van der Waals surface area contributed by atoms with Crippen molar-refractivity contribution in [2.75, 3.05) is 24.3 Å². The van der Waals surface area contributed by atoms with E-state index in [1.165, 1.54) is 5.56 Å². The van der Waals surface area contributed by atoms with Crippen molar-refractivity contribution in [1.82, 2.24) is 4.98 Å². The number of aromatic nitrogens is 1. The molecule has 0 bridgehead atoms. The number of nitrogens with zero attached hydrogens (tertiary/aromatic N) is 2. The molecule has 0 aliphatic carbocycles. The van der Waals surface area contributed by atoms with Gasteiger partial charge in [0.2, 0.25) is 0 Å². The number of pyridine rings is 1. The van der Waals surface area contributed by atoms with Crippen molar-refractivity contribution in [3.63, 3.8) is 0 Å². The lowest BCUT2D eigenvalue weighted by Crippen LogP contribution is -2.17. The lowest BCUT2D eigenvalue weighted by Gasteiger charge is -2.18. The summed E-state index contributed by atoms with van der Waals surface area (Å²) in [5.41, 5.74) is 1.21. The second-order valence-corrected chi connectivity index (χ2v) is 4.55. The zero-order chi connectivity index (χ0) is 13.0. The number of halogens is 1. The van der Waals surface area contributed by atoms with Crippen LogP contribution in [0.5, 0.6) is 0 Å². The number of nitrogens with one attached hydrogen (secondary N) is 1. The Morgan fingerprint density at radius 3 is 2.56 bits per heavy atom. The molecule has 0 saturated heterocycles. The van der Waals surface area contributed by atoms with Gasteiger partial charge in [0.15, 0.2) is 0 Å². The van der Waals surface area contributed by atoms with E-state index in [0.29, 0.717) is 0 Å². The predicted molar refractivity (Wildman–Crippen MR) is 77.3 cm³/mol. The second-order valence-electron chi connectivity index (χ2n) is 4.11. The number of rotatable bonds is 4. The molecular weight excluding hydrogens is 246 g/mol. The maximum atomic E-state index is 5.87.